The van der Waals surface area contributed by atoms with Crippen molar-refractivity contribution < 1.29 is 5.11 Å². The van der Waals surface area contributed by atoms with Gasteiger partial charge in [-0.25, -0.2) is 0 Å². The molecule has 1 aromatic heterocycles. The predicted molar refractivity (Wildman–Crippen MR) is 67.0 cm³/mol. The normalized spacial score (nSPS) is 35.3. The molecular weight excluding hydrogens is 268 g/mol. The number of hydrogen-bond donors (Lipinski definition) is 1. The maximum absolute atomic E-state index is 10.9. The molecule has 16 heavy (non-hydrogen) atoms. The van der Waals surface area contributed by atoms with Crippen LogP contribution in [0.15, 0.2) is 10.7 Å². The highest BCUT2D eigenvalue weighted by molar-refractivity contribution is 9.10. The number of nitrogens with zero attached hydrogens (tertiary/aromatic N) is 2. The van der Waals surface area contributed by atoms with Crippen LogP contribution < -0.4 is 0 Å². The van der Waals surface area contributed by atoms with Crippen molar-refractivity contribution in [1.29, 1.82) is 0 Å². The molecule has 0 aliphatic heterocycles. The van der Waals surface area contributed by atoms with E-state index in [1.54, 1.807) is 10.9 Å². The summed E-state index contributed by atoms with van der Waals surface area (Å²) in [4.78, 5) is 0. The highest BCUT2D eigenvalue weighted by Crippen LogP contribution is 2.45. The molecule has 0 amide bonds. The molecule has 1 aliphatic carbocycles. The summed E-state index contributed by atoms with van der Waals surface area (Å²) >= 11 is 3.49. The van der Waals surface area contributed by atoms with Crippen molar-refractivity contribution in [2.75, 3.05) is 0 Å². The molecule has 1 fully saturated rings. The standard InChI is InChI=1S/C12H19BrN2O/c1-8-4-5-12(16,9(2)6-8)11-10(13)7-14-15(11)3/h7-9,16H,4-6H2,1-3H3. The first kappa shape index (κ1) is 12.1. The van der Waals surface area contributed by atoms with Crippen LogP contribution in [0, 0.1) is 11.8 Å². The molecule has 90 valence electrons. The smallest absolute Gasteiger partial charge is 0.110 e. The van der Waals surface area contributed by atoms with Crippen LogP contribution in [-0.2, 0) is 12.6 Å². The van der Waals surface area contributed by atoms with E-state index in [2.05, 4.69) is 34.9 Å². The van der Waals surface area contributed by atoms with Crippen molar-refractivity contribution in [3.05, 3.63) is 16.4 Å². The Hall–Kier alpha value is -0.350. The average molecular weight is 287 g/mol. The van der Waals surface area contributed by atoms with Gasteiger partial charge in [0.25, 0.3) is 0 Å². The lowest BCUT2D eigenvalue weighted by atomic mass is 9.71. The van der Waals surface area contributed by atoms with Gasteiger partial charge in [-0.05, 0) is 47.0 Å². The molecule has 1 heterocycles. The van der Waals surface area contributed by atoms with E-state index in [4.69, 9.17) is 0 Å². The molecule has 0 saturated heterocycles. The van der Waals surface area contributed by atoms with Gasteiger partial charge in [-0.15, -0.1) is 0 Å². The van der Waals surface area contributed by atoms with Crippen LogP contribution in [-0.4, -0.2) is 14.9 Å². The molecule has 2 rings (SSSR count). The third-order valence-corrected chi connectivity index (χ3v) is 4.47. The number of aryl methyl sites for hydroxylation is 1. The fourth-order valence-electron chi connectivity index (χ4n) is 2.88. The Morgan fingerprint density at radius 3 is 2.75 bits per heavy atom. The third kappa shape index (κ3) is 1.82. The van der Waals surface area contributed by atoms with Crippen LogP contribution in [0.25, 0.3) is 0 Å². The van der Waals surface area contributed by atoms with E-state index in [9.17, 15) is 5.11 Å². The molecule has 1 saturated carbocycles. The first-order valence-corrected chi connectivity index (χ1v) is 6.64. The molecule has 3 atom stereocenters. The first-order chi connectivity index (χ1) is 7.45. The van der Waals surface area contributed by atoms with Crippen molar-refractivity contribution >= 4 is 15.9 Å². The summed E-state index contributed by atoms with van der Waals surface area (Å²) in [6.07, 6.45) is 4.75. The van der Waals surface area contributed by atoms with Crippen molar-refractivity contribution in [2.24, 2.45) is 18.9 Å². The zero-order valence-corrected chi connectivity index (χ0v) is 11.7. The molecule has 3 nitrogen and oxygen atoms in total. The van der Waals surface area contributed by atoms with Crippen molar-refractivity contribution in [1.82, 2.24) is 9.78 Å². The van der Waals surface area contributed by atoms with Gasteiger partial charge in [0, 0.05) is 7.05 Å². The van der Waals surface area contributed by atoms with Gasteiger partial charge in [0.2, 0.25) is 0 Å². The molecule has 3 unspecified atom stereocenters. The van der Waals surface area contributed by atoms with Gasteiger partial charge in [0.05, 0.1) is 16.4 Å². The number of aliphatic hydroxyl groups is 1. The Kier molecular flexibility index (Phi) is 3.14. The fourth-order valence-corrected chi connectivity index (χ4v) is 3.57. The number of halogens is 1. The van der Waals surface area contributed by atoms with E-state index < -0.39 is 5.60 Å². The van der Waals surface area contributed by atoms with Gasteiger partial charge in [-0.3, -0.25) is 4.68 Å². The second-order valence-electron chi connectivity index (χ2n) is 5.17. The number of aromatic nitrogens is 2. The van der Waals surface area contributed by atoms with Crippen LogP contribution >= 0.6 is 15.9 Å². The summed E-state index contributed by atoms with van der Waals surface area (Å²) in [5.74, 6) is 0.991. The zero-order chi connectivity index (χ0) is 11.9. The highest BCUT2D eigenvalue weighted by atomic mass is 79.9. The lowest BCUT2D eigenvalue weighted by Gasteiger charge is -2.40. The van der Waals surface area contributed by atoms with Crippen LogP contribution in [0.1, 0.15) is 38.8 Å². The number of rotatable bonds is 1. The first-order valence-electron chi connectivity index (χ1n) is 5.85. The van der Waals surface area contributed by atoms with Gasteiger partial charge in [-0.2, -0.15) is 5.10 Å². The summed E-state index contributed by atoms with van der Waals surface area (Å²) in [5.41, 5.74) is 0.197. The molecule has 0 radical (unpaired) electrons. The van der Waals surface area contributed by atoms with Gasteiger partial charge in [0.15, 0.2) is 0 Å². The lowest BCUT2D eigenvalue weighted by Crippen LogP contribution is -2.40. The van der Waals surface area contributed by atoms with Gasteiger partial charge >= 0.3 is 0 Å². The van der Waals surface area contributed by atoms with E-state index >= 15 is 0 Å². The third-order valence-electron chi connectivity index (χ3n) is 3.89. The Bertz CT molecular complexity index is 371. The monoisotopic (exact) mass is 286 g/mol. The predicted octanol–water partition coefficient (Wildman–Crippen LogP) is 2.83. The van der Waals surface area contributed by atoms with Gasteiger partial charge in [0.1, 0.15) is 5.60 Å². The van der Waals surface area contributed by atoms with Gasteiger partial charge in [-0.1, -0.05) is 13.8 Å². The number of hydrogen-bond acceptors (Lipinski definition) is 2. The van der Waals surface area contributed by atoms with Crippen LogP contribution in [0.4, 0.5) is 0 Å². The average Bonchev–Trinajstić information content (AvgIpc) is 2.54. The summed E-state index contributed by atoms with van der Waals surface area (Å²) in [5, 5.41) is 15.1. The van der Waals surface area contributed by atoms with E-state index in [0.29, 0.717) is 5.92 Å². The van der Waals surface area contributed by atoms with Gasteiger partial charge < -0.3 is 5.11 Å². The van der Waals surface area contributed by atoms with E-state index in [1.165, 1.54) is 0 Å². The maximum atomic E-state index is 10.9. The second kappa shape index (κ2) is 4.15. The van der Waals surface area contributed by atoms with Crippen molar-refractivity contribution in [2.45, 2.75) is 38.7 Å². The lowest BCUT2D eigenvalue weighted by molar-refractivity contribution is -0.0654. The minimum absolute atomic E-state index is 0.281. The molecule has 1 N–H and O–H groups in total. The quantitative estimate of drug-likeness (QED) is 0.862. The second-order valence-corrected chi connectivity index (χ2v) is 6.02. The minimum atomic E-state index is -0.726. The summed E-state index contributed by atoms with van der Waals surface area (Å²) in [6.45, 7) is 4.39. The van der Waals surface area contributed by atoms with Crippen LogP contribution in [0.5, 0.6) is 0 Å². The highest BCUT2D eigenvalue weighted by Gasteiger charge is 2.43. The fraction of sp³-hybridized carbons (Fsp3) is 0.750. The SMILES string of the molecule is CC1CCC(O)(c2c(Br)cnn2C)C(C)C1. The maximum Gasteiger partial charge on any atom is 0.110 e. The largest absolute Gasteiger partial charge is 0.383 e. The summed E-state index contributed by atoms with van der Waals surface area (Å²) < 4.78 is 2.70. The molecule has 0 spiro atoms. The Morgan fingerprint density at radius 2 is 2.25 bits per heavy atom. The van der Waals surface area contributed by atoms with E-state index in [-0.39, 0.29) is 5.92 Å². The van der Waals surface area contributed by atoms with Crippen LogP contribution in [0.3, 0.4) is 0 Å². The Balaban J connectivity index is 2.38. The van der Waals surface area contributed by atoms with Crippen molar-refractivity contribution in [3.8, 4) is 0 Å². The summed E-state index contributed by atoms with van der Waals surface area (Å²) in [6, 6.07) is 0. The Morgan fingerprint density at radius 1 is 1.56 bits per heavy atom. The summed E-state index contributed by atoms with van der Waals surface area (Å²) in [7, 11) is 1.89. The topological polar surface area (TPSA) is 38.1 Å². The van der Waals surface area contributed by atoms with E-state index in [0.717, 1.165) is 29.4 Å². The van der Waals surface area contributed by atoms with E-state index in [1.807, 2.05) is 7.05 Å². The van der Waals surface area contributed by atoms with Crippen LogP contribution in [0.2, 0.25) is 0 Å². The molecule has 4 heteroatoms. The molecular formula is C12H19BrN2O. The molecule has 1 aliphatic rings. The molecule has 0 aromatic carbocycles. The van der Waals surface area contributed by atoms with Crippen molar-refractivity contribution in [3.63, 3.8) is 0 Å². The molecule has 0 bridgehead atoms. The minimum Gasteiger partial charge on any atom is -0.383 e. The zero-order valence-electron chi connectivity index (χ0n) is 10.1. The Labute approximate surface area is 105 Å². The molecule has 1 aromatic rings.